The van der Waals surface area contributed by atoms with Gasteiger partial charge in [0, 0.05) is 19.2 Å². The second-order valence-electron chi connectivity index (χ2n) is 4.49. The highest BCUT2D eigenvalue weighted by molar-refractivity contribution is 7.53. The first kappa shape index (κ1) is 18.1. The van der Waals surface area contributed by atoms with Crippen molar-refractivity contribution in [2.24, 2.45) is 5.92 Å². The number of nitrogens with one attached hydrogen (secondary N) is 1. The smallest absolute Gasteiger partial charge is 0.331 e. The molecular formula is C12H28NO4P. The minimum absolute atomic E-state index is 0.157. The monoisotopic (exact) mass is 281 g/mol. The van der Waals surface area contributed by atoms with Crippen LogP contribution in [0.3, 0.4) is 0 Å². The number of aliphatic hydroxyl groups excluding tert-OH is 1. The van der Waals surface area contributed by atoms with Crippen LogP contribution in [0.5, 0.6) is 0 Å². The van der Waals surface area contributed by atoms with Gasteiger partial charge in [-0.15, -0.1) is 0 Å². The number of aliphatic hydroxyl groups is 1. The highest BCUT2D eigenvalue weighted by atomic mass is 31.2. The third kappa shape index (κ3) is 7.49. The van der Waals surface area contributed by atoms with Gasteiger partial charge in [-0.2, -0.15) is 0 Å². The van der Waals surface area contributed by atoms with Crippen molar-refractivity contribution in [3.05, 3.63) is 0 Å². The lowest BCUT2D eigenvalue weighted by Gasteiger charge is -2.23. The Balaban J connectivity index is 4.14. The molecule has 18 heavy (non-hydrogen) atoms. The zero-order valence-corrected chi connectivity index (χ0v) is 12.9. The molecule has 2 N–H and O–H groups in total. The molecule has 0 aliphatic carbocycles. The standard InChI is InChI=1S/C12H28NO4P/c1-5-16-18(15,17-6-2)10-8-13-12(7-9-14)11(3)4/h11-14H,5-10H2,1-4H3. The van der Waals surface area contributed by atoms with E-state index in [9.17, 15) is 4.57 Å². The van der Waals surface area contributed by atoms with Gasteiger partial charge in [0.25, 0.3) is 0 Å². The summed E-state index contributed by atoms with van der Waals surface area (Å²) in [6.07, 6.45) is 1.06. The summed E-state index contributed by atoms with van der Waals surface area (Å²) in [5.74, 6) is 0.427. The van der Waals surface area contributed by atoms with Gasteiger partial charge in [-0.25, -0.2) is 0 Å². The fraction of sp³-hybridized carbons (Fsp3) is 1.00. The van der Waals surface area contributed by atoms with Gasteiger partial charge < -0.3 is 19.5 Å². The van der Waals surface area contributed by atoms with E-state index in [1.807, 2.05) is 13.8 Å². The minimum Gasteiger partial charge on any atom is -0.396 e. The van der Waals surface area contributed by atoms with Crippen molar-refractivity contribution in [2.75, 3.05) is 32.5 Å². The van der Waals surface area contributed by atoms with E-state index >= 15 is 0 Å². The van der Waals surface area contributed by atoms with Crippen molar-refractivity contribution >= 4 is 7.60 Å². The molecular weight excluding hydrogens is 253 g/mol. The molecule has 5 nitrogen and oxygen atoms in total. The number of rotatable bonds is 11. The third-order valence-electron chi connectivity index (χ3n) is 2.69. The predicted octanol–water partition coefficient (Wildman–Crippen LogP) is 2.25. The first-order chi connectivity index (χ1) is 8.49. The van der Waals surface area contributed by atoms with Gasteiger partial charge in [0.2, 0.25) is 0 Å². The van der Waals surface area contributed by atoms with Crippen LogP contribution in [0.15, 0.2) is 0 Å². The molecule has 0 aromatic heterocycles. The zero-order valence-electron chi connectivity index (χ0n) is 12.0. The fourth-order valence-electron chi connectivity index (χ4n) is 1.76. The second-order valence-corrected chi connectivity index (χ2v) is 6.67. The van der Waals surface area contributed by atoms with Crippen molar-refractivity contribution in [3.63, 3.8) is 0 Å². The Bertz CT molecular complexity index is 238. The maximum atomic E-state index is 12.2. The predicted molar refractivity (Wildman–Crippen MR) is 74.1 cm³/mol. The molecule has 1 unspecified atom stereocenters. The molecule has 0 aromatic carbocycles. The molecule has 0 fully saturated rings. The summed E-state index contributed by atoms with van der Waals surface area (Å²) in [6.45, 7) is 9.31. The van der Waals surface area contributed by atoms with Crippen LogP contribution in [0.1, 0.15) is 34.1 Å². The third-order valence-corrected chi connectivity index (χ3v) is 4.76. The largest absolute Gasteiger partial charge is 0.396 e. The average molecular weight is 281 g/mol. The van der Waals surface area contributed by atoms with E-state index in [0.717, 1.165) is 0 Å². The molecule has 0 aromatic rings. The lowest BCUT2D eigenvalue weighted by atomic mass is 10.0. The summed E-state index contributed by atoms with van der Waals surface area (Å²) in [5, 5.41) is 12.3. The van der Waals surface area contributed by atoms with Gasteiger partial charge in [0.1, 0.15) is 0 Å². The Hall–Kier alpha value is 0.0700. The Kier molecular flexibility index (Phi) is 9.97. The topological polar surface area (TPSA) is 67.8 Å². The van der Waals surface area contributed by atoms with E-state index in [1.54, 1.807) is 0 Å². The Morgan fingerprint density at radius 3 is 2.17 bits per heavy atom. The lowest BCUT2D eigenvalue weighted by molar-refractivity contribution is 0.218. The molecule has 0 aliphatic heterocycles. The van der Waals surface area contributed by atoms with E-state index in [2.05, 4.69) is 19.2 Å². The molecule has 6 heteroatoms. The first-order valence-electron chi connectivity index (χ1n) is 6.71. The number of hydrogen-bond acceptors (Lipinski definition) is 5. The molecule has 1 atom stereocenters. The quantitative estimate of drug-likeness (QED) is 0.569. The van der Waals surface area contributed by atoms with Gasteiger partial charge >= 0.3 is 7.60 Å². The van der Waals surface area contributed by atoms with Gasteiger partial charge in [-0.3, -0.25) is 4.57 Å². The van der Waals surface area contributed by atoms with Crippen LogP contribution in [-0.2, 0) is 13.6 Å². The summed E-state index contributed by atoms with van der Waals surface area (Å²) in [7, 11) is -2.95. The van der Waals surface area contributed by atoms with Crippen LogP contribution in [0, 0.1) is 5.92 Å². The van der Waals surface area contributed by atoms with Gasteiger partial charge in [-0.1, -0.05) is 13.8 Å². The maximum absolute atomic E-state index is 12.2. The molecule has 0 amide bonds. The first-order valence-corrected chi connectivity index (χ1v) is 8.44. The van der Waals surface area contributed by atoms with Crippen LogP contribution in [-0.4, -0.2) is 43.7 Å². The molecule has 0 aliphatic rings. The molecule has 0 radical (unpaired) electrons. The lowest BCUT2D eigenvalue weighted by Crippen LogP contribution is -2.36. The molecule has 0 heterocycles. The van der Waals surface area contributed by atoms with Crippen molar-refractivity contribution in [2.45, 2.75) is 40.2 Å². The Morgan fingerprint density at radius 1 is 1.22 bits per heavy atom. The summed E-state index contributed by atoms with van der Waals surface area (Å²) in [6, 6.07) is 0.228. The summed E-state index contributed by atoms with van der Waals surface area (Å²) >= 11 is 0. The number of hydrogen-bond donors (Lipinski definition) is 2. The molecule has 0 saturated carbocycles. The Morgan fingerprint density at radius 2 is 1.78 bits per heavy atom. The fourth-order valence-corrected chi connectivity index (χ4v) is 3.28. The maximum Gasteiger partial charge on any atom is 0.331 e. The van der Waals surface area contributed by atoms with Crippen LogP contribution < -0.4 is 5.32 Å². The van der Waals surface area contributed by atoms with E-state index in [1.165, 1.54) is 0 Å². The van der Waals surface area contributed by atoms with Crippen LogP contribution in [0.25, 0.3) is 0 Å². The van der Waals surface area contributed by atoms with Crippen LogP contribution >= 0.6 is 7.60 Å². The van der Waals surface area contributed by atoms with Crippen molar-refractivity contribution in [1.29, 1.82) is 0 Å². The van der Waals surface area contributed by atoms with Crippen molar-refractivity contribution < 1.29 is 18.7 Å². The zero-order chi connectivity index (χ0) is 14.0. The molecule has 0 rings (SSSR count). The molecule has 0 saturated heterocycles. The Labute approximate surface area is 111 Å². The molecule has 0 bridgehead atoms. The molecule has 110 valence electrons. The molecule has 0 spiro atoms. The van der Waals surface area contributed by atoms with Crippen molar-refractivity contribution in [1.82, 2.24) is 5.32 Å². The van der Waals surface area contributed by atoms with Gasteiger partial charge in [-0.05, 0) is 26.2 Å². The minimum atomic E-state index is -2.95. The van der Waals surface area contributed by atoms with Gasteiger partial charge in [0.15, 0.2) is 0 Å². The van der Waals surface area contributed by atoms with Crippen LogP contribution in [0.2, 0.25) is 0 Å². The van der Waals surface area contributed by atoms with E-state index in [-0.39, 0.29) is 12.6 Å². The van der Waals surface area contributed by atoms with Crippen molar-refractivity contribution in [3.8, 4) is 0 Å². The van der Waals surface area contributed by atoms with E-state index < -0.39 is 7.60 Å². The van der Waals surface area contributed by atoms with Crippen LogP contribution in [0.4, 0.5) is 0 Å². The average Bonchev–Trinajstić information content (AvgIpc) is 2.28. The second kappa shape index (κ2) is 9.93. The highest BCUT2D eigenvalue weighted by Crippen LogP contribution is 2.47. The summed E-state index contributed by atoms with van der Waals surface area (Å²) in [4.78, 5) is 0. The SMILES string of the molecule is CCOP(=O)(CCNC(CCO)C(C)C)OCC. The summed E-state index contributed by atoms with van der Waals surface area (Å²) in [5.41, 5.74) is 0. The summed E-state index contributed by atoms with van der Waals surface area (Å²) < 4.78 is 22.6. The highest BCUT2D eigenvalue weighted by Gasteiger charge is 2.23. The van der Waals surface area contributed by atoms with Gasteiger partial charge in [0.05, 0.1) is 19.4 Å². The normalized spacial score (nSPS) is 14.1. The van der Waals surface area contributed by atoms with E-state index in [0.29, 0.717) is 38.3 Å². The van der Waals surface area contributed by atoms with E-state index in [4.69, 9.17) is 14.2 Å².